The highest BCUT2D eigenvalue weighted by atomic mass is 127. The molecule has 2 amide bonds. The molecule has 1 aliphatic heterocycles. The number of imide groups is 1. The molecule has 8 nitrogen and oxygen atoms in total. The average Bonchev–Trinajstić information content (AvgIpc) is 3.05. The summed E-state index contributed by atoms with van der Waals surface area (Å²) >= 11 is 2.92. The quantitative estimate of drug-likeness (QED) is 0.255. The summed E-state index contributed by atoms with van der Waals surface area (Å²) in [5, 5.41) is -0.349. The number of amides is 2. The van der Waals surface area contributed by atoms with E-state index in [1.54, 1.807) is 30.3 Å². The van der Waals surface area contributed by atoms with Gasteiger partial charge in [-0.3, -0.25) is 14.5 Å². The van der Waals surface area contributed by atoms with E-state index in [0.29, 0.717) is 31.3 Å². The highest BCUT2D eigenvalue weighted by Crippen LogP contribution is 2.37. The minimum Gasteiger partial charge on any atom is -0.493 e. The molecule has 1 aliphatic rings. The first-order valence-corrected chi connectivity index (χ1v) is 11.3. The van der Waals surface area contributed by atoms with E-state index >= 15 is 0 Å². The molecule has 0 saturated carbocycles. The van der Waals surface area contributed by atoms with Gasteiger partial charge in [0.1, 0.15) is 12.4 Å². The minimum atomic E-state index is -0.517. The molecule has 0 aliphatic carbocycles. The predicted molar refractivity (Wildman–Crippen MR) is 128 cm³/mol. The van der Waals surface area contributed by atoms with Gasteiger partial charge in [-0.05, 0) is 70.3 Å². The molecule has 168 valence electrons. The van der Waals surface area contributed by atoms with Crippen LogP contribution in [0, 0.1) is 3.57 Å². The van der Waals surface area contributed by atoms with E-state index in [-0.39, 0.29) is 30.9 Å². The average molecular weight is 569 g/mol. The maximum absolute atomic E-state index is 12.7. The summed E-state index contributed by atoms with van der Waals surface area (Å²) in [6.07, 6.45) is 1.62. The summed E-state index contributed by atoms with van der Waals surface area (Å²) < 4.78 is 21.7. The van der Waals surface area contributed by atoms with Gasteiger partial charge >= 0.3 is 5.97 Å². The summed E-state index contributed by atoms with van der Waals surface area (Å²) in [6.45, 7) is 0.0947. The summed E-state index contributed by atoms with van der Waals surface area (Å²) in [4.78, 5) is 37.9. The minimum absolute atomic E-state index is 0.151. The van der Waals surface area contributed by atoms with Gasteiger partial charge in [0.2, 0.25) is 0 Å². The van der Waals surface area contributed by atoms with E-state index in [1.165, 1.54) is 14.2 Å². The van der Waals surface area contributed by atoms with Crippen molar-refractivity contribution in [3.8, 4) is 17.2 Å². The Morgan fingerprint density at radius 2 is 1.88 bits per heavy atom. The summed E-state index contributed by atoms with van der Waals surface area (Å²) in [5.74, 6) is 0.559. The molecule has 0 bridgehead atoms. The second kappa shape index (κ2) is 11.2. The standard InChI is InChI=1S/C22H20INO7S/c1-28-17-11-14(10-16(23)20(17)31-13-19(25)29-2)12-18-21(26)24(22(27)32-18)8-9-30-15-6-4-3-5-7-15/h3-7,10-12H,8-9,13H2,1-2H3/b18-12-. The zero-order chi connectivity index (χ0) is 23.1. The highest BCUT2D eigenvalue weighted by Gasteiger charge is 2.34. The molecule has 0 atom stereocenters. The van der Waals surface area contributed by atoms with Gasteiger partial charge in [-0.2, -0.15) is 0 Å². The number of hydrogen-bond acceptors (Lipinski definition) is 8. The lowest BCUT2D eigenvalue weighted by atomic mass is 10.2. The van der Waals surface area contributed by atoms with Gasteiger partial charge in [0.25, 0.3) is 11.1 Å². The lowest BCUT2D eigenvalue weighted by molar-refractivity contribution is -0.143. The van der Waals surface area contributed by atoms with E-state index in [2.05, 4.69) is 4.74 Å². The molecular weight excluding hydrogens is 549 g/mol. The number of carbonyl (C=O) groups is 3. The Morgan fingerprint density at radius 1 is 1.12 bits per heavy atom. The maximum Gasteiger partial charge on any atom is 0.343 e. The Morgan fingerprint density at radius 3 is 2.56 bits per heavy atom. The first kappa shape index (κ1) is 23.9. The Bertz CT molecular complexity index is 1040. The van der Waals surface area contributed by atoms with Crippen LogP contribution in [-0.2, 0) is 14.3 Å². The summed E-state index contributed by atoms with van der Waals surface area (Å²) in [6, 6.07) is 12.6. The second-order valence-electron chi connectivity index (χ2n) is 6.39. The van der Waals surface area contributed by atoms with E-state index in [9.17, 15) is 14.4 Å². The number of methoxy groups -OCH3 is 2. The molecule has 0 spiro atoms. The fourth-order valence-electron chi connectivity index (χ4n) is 2.77. The number of ether oxygens (including phenoxy) is 4. The molecule has 0 unspecified atom stereocenters. The zero-order valence-electron chi connectivity index (χ0n) is 17.3. The number of halogens is 1. The third-order valence-electron chi connectivity index (χ3n) is 4.31. The monoisotopic (exact) mass is 569 g/mol. The molecule has 1 heterocycles. The van der Waals surface area contributed by atoms with Gasteiger partial charge in [-0.1, -0.05) is 18.2 Å². The van der Waals surface area contributed by atoms with Crippen LogP contribution in [-0.4, -0.2) is 56.0 Å². The van der Waals surface area contributed by atoms with Gasteiger partial charge in [-0.15, -0.1) is 0 Å². The van der Waals surface area contributed by atoms with Crippen LogP contribution in [0.25, 0.3) is 6.08 Å². The summed E-state index contributed by atoms with van der Waals surface area (Å²) in [5.41, 5.74) is 0.655. The topological polar surface area (TPSA) is 91.4 Å². The predicted octanol–water partition coefficient (Wildman–Crippen LogP) is 3.97. The van der Waals surface area contributed by atoms with Gasteiger partial charge < -0.3 is 18.9 Å². The van der Waals surface area contributed by atoms with Gasteiger partial charge in [0, 0.05) is 0 Å². The lowest BCUT2D eigenvalue weighted by Gasteiger charge is -2.13. The van der Waals surface area contributed by atoms with Crippen LogP contribution >= 0.6 is 34.4 Å². The van der Waals surface area contributed by atoms with Crippen molar-refractivity contribution in [1.29, 1.82) is 0 Å². The molecular formula is C22H20INO7S. The number of esters is 1. The van der Waals surface area contributed by atoms with E-state index in [4.69, 9.17) is 14.2 Å². The number of carbonyl (C=O) groups excluding carboxylic acids is 3. The molecule has 0 radical (unpaired) electrons. The number of nitrogens with zero attached hydrogens (tertiary/aromatic N) is 1. The van der Waals surface area contributed by atoms with E-state index in [0.717, 1.165) is 16.7 Å². The Balaban J connectivity index is 1.70. The molecule has 0 aromatic heterocycles. The smallest absolute Gasteiger partial charge is 0.343 e. The van der Waals surface area contributed by atoms with Crippen LogP contribution < -0.4 is 14.2 Å². The highest BCUT2D eigenvalue weighted by molar-refractivity contribution is 14.1. The fourth-order valence-corrected chi connectivity index (χ4v) is 4.41. The molecule has 32 heavy (non-hydrogen) atoms. The molecule has 0 N–H and O–H groups in total. The van der Waals surface area contributed by atoms with Crippen molar-refractivity contribution >= 4 is 57.5 Å². The van der Waals surface area contributed by atoms with Crippen LogP contribution in [0.2, 0.25) is 0 Å². The number of thioether (sulfide) groups is 1. The number of benzene rings is 2. The second-order valence-corrected chi connectivity index (χ2v) is 8.55. The maximum atomic E-state index is 12.7. The number of para-hydroxylation sites is 1. The Hall–Kier alpha value is -2.73. The first-order valence-electron chi connectivity index (χ1n) is 9.43. The zero-order valence-corrected chi connectivity index (χ0v) is 20.3. The SMILES string of the molecule is COC(=O)COc1c(I)cc(/C=C2\SC(=O)N(CCOc3ccccc3)C2=O)cc1OC. The van der Waals surface area contributed by atoms with Crippen molar-refractivity contribution in [2.24, 2.45) is 0 Å². The molecule has 1 saturated heterocycles. The third-order valence-corrected chi connectivity index (χ3v) is 6.02. The van der Waals surface area contributed by atoms with Crippen LogP contribution in [0.3, 0.4) is 0 Å². The first-order chi connectivity index (χ1) is 15.4. The van der Waals surface area contributed by atoms with Gasteiger partial charge in [0.05, 0.1) is 29.2 Å². The van der Waals surface area contributed by atoms with E-state index < -0.39 is 5.97 Å². The van der Waals surface area contributed by atoms with Crippen molar-refractivity contribution in [1.82, 2.24) is 4.90 Å². The van der Waals surface area contributed by atoms with Crippen LogP contribution in [0.15, 0.2) is 47.4 Å². The van der Waals surface area contributed by atoms with Crippen molar-refractivity contribution < 1.29 is 33.3 Å². The normalized spacial score (nSPS) is 14.6. The van der Waals surface area contributed by atoms with Crippen molar-refractivity contribution in [3.05, 3.63) is 56.5 Å². The molecule has 1 fully saturated rings. The molecule has 3 rings (SSSR count). The van der Waals surface area contributed by atoms with Crippen LogP contribution in [0.1, 0.15) is 5.56 Å². The molecule has 2 aromatic carbocycles. The number of hydrogen-bond donors (Lipinski definition) is 0. The van der Waals surface area contributed by atoms with E-state index in [1.807, 2.05) is 40.8 Å². The van der Waals surface area contributed by atoms with Gasteiger partial charge in [-0.25, -0.2) is 4.79 Å². The Kier molecular flexibility index (Phi) is 8.39. The van der Waals surface area contributed by atoms with Gasteiger partial charge in [0.15, 0.2) is 18.1 Å². The Labute approximate surface area is 203 Å². The largest absolute Gasteiger partial charge is 0.493 e. The van der Waals surface area contributed by atoms with Crippen LogP contribution in [0.4, 0.5) is 4.79 Å². The van der Waals surface area contributed by atoms with Crippen LogP contribution in [0.5, 0.6) is 17.2 Å². The fraction of sp³-hybridized carbons (Fsp3) is 0.227. The van der Waals surface area contributed by atoms with Crippen molar-refractivity contribution in [3.63, 3.8) is 0 Å². The lowest BCUT2D eigenvalue weighted by Crippen LogP contribution is -2.32. The molecule has 10 heteroatoms. The number of rotatable bonds is 9. The summed E-state index contributed by atoms with van der Waals surface area (Å²) in [7, 11) is 2.75. The third kappa shape index (κ3) is 5.94. The molecule has 2 aromatic rings. The van der Waals surface area contributed by atoms with Crippen molar-refractivity contribution in [2.45, 2.75) is 0 Å². The van der Waals surface area contributed by atoms with Crippen molar-refractivity contribution in [2.75, 3.05) is 34.0 Å².